The average molecular weight is 198 g/mol. The van der Waals surface area contributed by atoms with Crippen LogP contribution in [0, 0.1) is 0 Å². The fraction of sp³-hybridized carbons (Fsp3) is 0.0909. The Kier molecular flexibility index (Phi) is 2.78. The highest BCUT2D eigenvalue weighted by Crippen LogP contribution is 2.14. The van der Waals surface area contributed by atoms with Gasteiger partial charge in [-0.1, -0.05) is 23.7 Å². The van der Waals surface area contributed by atoms with Gasteiger partial charge in [0.1, 0.15) is 7.85 Å². The van der Waals surface area contributed by atoms with Crippen molar-refractivity contribution in [2.24, 2.45) is 0 Å². The Balaban J connectivity index is 2.40. The molecule has 1 aromatic heterocycles. The van der Waals surface area contributed by atoms with E-state index >= 15 is 0 Å². The second kappa shape index (κ2) is 4.23. The molecule has 1 N–H and O–H groups in total. The fourth-order valence-electron chi connectivity index (χ4n) is 1.35. The molecule has 0 aliphatic heterocycles. The molecule has 74 valence electrons. The first-order chi connectivity index (χ1) is 7.29. The lowest BCUT2D eigenvalue weighted by atomic mass is 10.0. The van der Waals surface area contributed by atoms with Gasteiger partial charge in [-0.25, -0.2) is 9.97 Å². The normalized spacial score (nSPS) is 10.2. The third-order valence-electron chi connectivity index (χ3n) is 2.15. The van der Waals surface area contributed by atoms with E-state index in [9.17, 15) is 0 Å². The molecule has 0 saturated heterocycles. The van der Waals surface area contributed by atoms with Crippen molar-refractivity contribution < 1.29 is 5.11 Å². The van der Waals surface area contributed by atoms with E-state index in [-0.39, 0.29) is 6.61 Å². The van der Waals surface area contributed by atoms with Gasteiger partial charge in [-0.3, -0.25) is 0 Å². The van der Waals surface area contributed by atoms with Gasteiger partial charge in [-0.15, -0.1) is 0 Å². The van der Waals surface area contributed by atoms with Crippen LogP contribution >= 0.6 is 0 Å². The van der Waals surface area contributed by atoms with Crippen LogP contribution in [0.4, 0.5) is 0 Å². The Hall–Kier alpha value is -1.68. The van der Waals surface area contributed by atoms with Gasteiger partial charge in [-0.05, 0) is 11.6 Å². The molecule has 0 unspecified atom stereocenters. The topological polar surface area (TPSA) is 46.0 Å². The van der Waals surface area contributed by atoms with E-state index in [1.807, 2.05) is 32.1 Å². The molecule has 0 aliphatic carbocycles. The van der Waals surface area contributed by atoms with Gasteiger partial charge in [0.05, 0.1) is 6.61 Å². The maximum absolute atomic E-state index is 9.01. The van der Waals surface area contributed by atoms with E-state index in [0.717, 1.165) is 16.6 Å². The van der Waals surface area contributed by atoms with Crippen LogP contribution < -0.4 is 5.46 Å². The predicted molar refractivity (Wildman–Crippen MR) is 61.6 cm³/mol. The summed E-state index contributed by atoms with van der Waals surface area (Å²) in [5, 5.41) is 9.01. The molecule has 0 aliphatic rings. The molecular formula is C11H11BN2O. The number of benzene rings is 1. The van der Waals surface area contributed by atoms with Crippen LogP contribution in [0.2, 0.25) is 0 Å². The molecule has 0 radical (unpaired) electrons. The molecule has 0 atom stereocenters. The first-order valence-electron chi connectivity index (χ1n) is 4.78. The van der Waals surface area contributed by atoms with Crippen molar-refractivity contribution in [3.63, 3.8) is 0 Å². The molecule has 4 heteroatoms. The molecule has 0 spiro atoms. The van der Waals surface area contributed by atoms with Gasteiger partial charge in [0.25, 0.3) is 0 Å². The quantitative estimate of drug-likeness (QED) is 0.685. The molecule has 0 fully saturated rings. The van der Waals surface area contributed by atoms with Crippen molar-refractivity contribution in [1.82, 2.24) is 9.97 Å². The minimum absolute atomic E-state index is 0.0414. The monoisotopic (exact) mass is 198 g/mol. The van der Waals surface area contributed by atoms with Crippen molar-refractivity contribution in [3.8, 4) is 11.4 Å². The van der Waals surface area contributed by atoms with E-state index < -0.39 is 0 Å². The third-order valence-corrected chi connectivity index (χ3v) is 2.15. The molecule has 2 aromatic rings. The standard InChI is InChI=1S/C11H11BN2O/c12-10-5-13-11(14-6-10)9-3-1-2-8(4-9)7-15/h1-6,15H,7,12H2. The highest BCUT2D eigenvalue weighted by atomic mass is 16.3. The van der Waals surface area contributed by atoms with E-state index in [4.69, 9.17) is 5.11 Å². The SMILES string of the molecule is Bc1cnc(-c2cccc(CO)c2)nc1. The van der Waals surface area contributed by atoms with Crippen LogP contribution in [0.25, 0.3) is 11.4 Å². The minimum Gasteiger partial charge on any atom is -0.392 e. The second-order valence-corrected chi connectivity index (χ2v) is 3.44. The van der Waals surface area contributed by atoms with Gasteiger partial charge in [-0.2, -0.15) is 0 Å². The van der Waals surface area contributed by atoms with E-state index in [2.05, 4.69) is 9.97 Å². The van der Waals surface area contributed by atoms with Crippen LogP contribution in [-0.2, 0) is 6.61 Å². The van der Waals surface area contributed by atoms with Crippen LogP contribution in [0.3, 0.4) is 0 Å². The molecule has 0 saturated carbocycles. The summed E-state index contributed by atoms with van der Waals surface area (Å²) in [7, 11) is 1.95. The Labute approximate surface area is 89.2 Å². The molecule has 0 bridgehead atoms. The van der Waals surface area contributed by atoms with E-state index in [0.29, 0.717) is 5.82 Å². The summed E-state index contributed by atoms with van der Waals surface area (Å²) in [5.74, 6) is 0.691. The Bertz CT molecular complexity index is 456. The zero-order valence-corrected chi connectivity index (χ0v) is 8.51. The first-order valence-corrected chi connectivity index (χ1v) is 4.78. The smallest absolute Gasteiger partial charge is 0.159 e. The summed E-state index contributed by atoms with van der Waals surface area (Å²) >= 11 is 0. The molecule has 1 aromatic carbocycles. The van der Waals surface area contributed by atoms with Crippen molar-refractivity contribution >= 4 is 13.3 Å². The molecular weight excluding hydrogens is 187 g/mol. The third kappa shape index (κ3) is 2.22. The first kappa shape index (κ1) is 9.86. The van der Waals surface area contributed by atoms with Crippen LogP contribution in [0.1, 0.15) is 5.56 Å². The van der Waals surface area contributed by atoms with Gasteiger partial charge in [0.2, 0.25) is 0 Å². The lowest BCUT2D eigenvalue weighted by Gasteiger charge is -2.02. The summed E-state index contributed by atoms with van der Waals surface area (Å²) < 4.78 is 0. The lowest BCUT2D eigenvalue weighted by Crippen LogP contribution is -2.05. The Morgan fingerprint density at radius 1 is 1.20 bits per heavy atom. The zero-order valence-electron chi connectivity index (χ0n) is 8.51. The van der Waals surface area contributed by atoms with Crippen LogP contribution in [0.15, 0.2) is 36.7 Å². The average Bonchev–Trinajstić information content (AvgIpc) is 2.30. The van der Waals surface area contributed by atoms with Gasteiger partial charge >= 0.3 is 0 Å². The van der Waals surface area contributed by atoms with Crippen LogP contribution in [-0.4, -0.2) is 22.9 Å². The molecule has 0 amide bonds. The molecule has 3 nitrogen and oxygen atoms in total. The summed E-state index contributed by atoms with van der Waals surface area (Å²) in [4.78, 5) is 8.46. The van der Waals surface area contributed by atoms with Gasteiger partial charge in [0.15, 0.2) is 5.82 Å². The highest BCUT2D eigenvalue weighted by molar-refractivity contribution is 6.31. The number of hydrogen-bond donors (Lipinski definition) is 1. The Morgan fingerprint density at radius 3 is 2.60 bits per heavy atom. The summed E-state index contributed by atoms with van der Waals surface area (Å²) in [6.45, 7) is 0.0414. The predicted octanol–water partition coefficient (Wildman–Crippen LogP) is -0.106. The molecule has 15 heavy (non-hydrogen) atoms. The molecule has 1 heterocycles. The molecule has 2 rings (SSSR count). The van der Waals surface area contributed by atoms with Crippen molar-refractivity contribution in [2.75, 3.05) is 0 Å². The van der Waals surface area contributed by atoms with E-state index in [1.165, 1.54) is 0 Å². The summed E-state index contributed by atoms with van der Waals surface area (Å²) in [5.41, 5.74) is 2.84. The number of rotatable bonds is 2. The van der Waals surface area contributed by atoms with Crippen LogP contribution in [0.5, 0.6) is 0 Å². The maximum Gasteiger partial charge on any atom is 0.159 e. The maximum atomic E-state index is 9.01. The zero-order chi connectivity index (χ0) is 10.7. The largest absolute Gasteiger partial charge is 0.392 e. The second-order valence-electron chi connectivity index (χ2n) is 3.44. The van der Waals surface area contributed by atoms with Crippen molar-refractivity contribution in [1.29, 1.82) is 0 Å². The number of aliphatic hydroxyl groups is 1. The lowest BCUT2D eigenvalue weighted by molar-refractivity contribution is 0.282. The summed E-state index contributed by atoms with van der Waals surface area (Å²) in [6.07, 6.45) is 3.57. The number of nitrogens with zero attached hydrogens (tertiary/aromatic N) is 2. The number of aromatic nitrogens is 2. The Morgan fingerprint density at radius 2 is 1.93 bits per heavy atom. The van der Waals surface area contributed by atoms with Crippen molar-refractivity contribution in [3.05, 3.63) is 42.2 Å². The number of aliphatic hydroxyl groups excluding tert-OH is 1. The summed E-state index contributed by atoms with van der Waals surface area (Å²) in [6, 6.07) is 7.59. The minimum atomic E-state index is 0.0414. The van der Waals surface area contributed by atoms with Gasteiger partial charge in [0, 0.05) is 18.0 Å². The highest BCUT2D eigenvalue weighted by Gasteiger charge is 2.00. The van der Waals surface area contributed by atoms with Gasteiger partial charge < -0.3 is 5.11 Å². The fourth-order valence-corrected chi connectivity index (χ4v) is 1.35. The van der Waals surface area contributed by atoms with E-state index in [1.54, 1.807) is 12.4 Å². The number of hydrogen-bond acceptors (Lipinski definition) is 3. The van der Waals surface area contributed by atoms with Crippen molar-refractivity contribution in [2.45, 2.75) is 6.61 Å².